The van der Waals surface area contributed by atoms with Gasteiger partial charge in [-0.3, -0.25) is 0 Å². The lowest BCUT2D eigenvalue weighted by atomic mass is 9.77. The van der Waals surface area contributed by atoms with Gasteiger partial charge in [0.15, 0.2) is 17.1 Å². The monoisotopic (exact) mass is 963 g/mol. The summed E-state index contributed by atoms with van der Waals surface area (Å²) in [6.45, 7) is 0. The Hall–Kier alpha value is 0.610. The molecule has 170 valence electrons. The minimum atomic E-state index is -1.62. The van der Waals surface area contributed by atoms with Gasteiger partial charge in [-0.25, -0.2) is 4.79 Å². The number of fused-ring (bicyclic) bond motifs is 6. The number of hydrogen-bond donors (Lipinski definition) is 2. The molecule has 0 bridgehead atoms. The van der Waals surface area contributed by atoms with Crippen LogP contribution in [0.3, 0.4) is 0 Å². The third kappa shape index (κ3) is 3.34. The van der Waals surface area contributed by atoms with E-state index in [1.54, 1.807) is 12.1 Å². The van der Waals surface area contributed by atoms with E-state index in [-0.39, 0.29) is 54.2 Å². The molecule has 0 atom stereocenters. The molecule has 0 radical (unpaired) electrons. The Morgan fingerprint density at radius 3 is 1.70 bits per heavy atom. The van der Waals surface area contributed by atoms with Gasteiger partial charge < -0.3 is 19.7 Å². The van der Waals surface area contributed by atoms with Crippen molar-refractivity contribution in [2.45, 2.75) is 5.60 Å². The summed E-state index contributed by atoms with van der Waals surface area (Å²) in [5.41, 5.74) is -0.574. The van der Waals surface area contributed by atoms with Gasteiger partial charge in [-0.1, -0.05) is 46.4 Å². The highest BCUT2D eigenvalue weighted by atomic mass is 125. The molecule has 0 fully saturated rings. The van der Waals surface area contributed by atoms with Crippen LogP contribution >= 0.6 is 137 Å². The SMILES string of the molecule is O=C1OC2(c3cc([125I])c(O)c([125I])c3Oc3c2cc([125I])c(O)c3[125I])c2c(Cl)c(Cl)c(Cl)c(Cl)c21. The second kappa shape index (κ2) is 8.58. The number of aromatic hydroxyl groups is 2. The second-order valence-electron chi connectivity index (χ2n) is 6.97. The number of rotatable bonds is 0. The molecule has 2 aliphatic rings. The smallest absolute Gasteiger partial charge is 0.341 e. The lowest BCUT2D eigenvalue weighted by molar-refractivity contribution is 0.0223. The summed E-state index contributed by atoms with van der Waals surface area (Å²) in [5, 5.41) is 21.0. The molecule has 0 saturated carbocycles. The average Bonchev–Trinajstić information content (AvgIpc) is 3.08. The van der Waals surface area contributed by atoms with Gasteiger partial charge in [-0.05, 0) is 102 Å². The second-order valence-corrected chi connectivity index (χ2v) is 13.0. The largest absolute Gasteiger partial charge is 0.506 e. The van der Waals surface area contributed by atoms with Crippen LogP contribution < -0.4 is 4.74 Å². The lowest BCUT2D eigenvalue weighted by Crippen LogP contribution is -2.34. The summed E-state index contributed by atoms with van der Waals surface area (Å²) >= 11 is 33.7. The number of hydrogen-bond acceptors (Lipinski definition) is 5. The van der Waals surface area contributed by atoms with Crippen molar-refractivity contribution in [1.82, 2.24) is 0 Å². The zero-order chi connectivity index (χ0) is 24.1. The van der Waals surface area contributed by atoms with Crippen LogP contribution in [-0.2, 0) is 10.3 Å². The molecule has 0 unspecified atom stereocenters. The number of benzene rings is 3. The van der Waals surface area contributed by atoms with Gasteiger partial charge in [-0.15, -0.1) is 0 Å². The molecule has 1 spiro atoms. The maximum atomic E-state index is 13.3. The van der Waals surface area contributed by atoms with Gasteiger partial charge in [0.1, 0.15) is 11.5 Å². The first-order chi connectivity index (χ1) is 15.4. The molecule has 3 aromatic carbocycles. The van der Waals surface area contributed by atoms with Crippen LogP contribution in [0, 0.1) is 14.3 Å². The molecule has 2 heterocycles. The fourth-order valence-corrected chi connectivity index (χ4v) is 8.57. The van der Waals surface area contributed by atoms with E-state index in [1.165, 1.54) is 0 Å². The molecule has 0 aromatic heterocycles. The Kier molecular flexibility index (Phi) is 6.57. The normalized spacial score (nSPS) is 15.1. The molecular weight excluding hydrogens is 962 g/mol. The van der Waals surface area contributed by atoms with E-state index in [9.17, 15) is 15.0 Å². The quantitative estimate of drug-likeness (QED) is 0.102. The predicted octanol–water partition coefficient (Wildman–Crippen LogP) is 8.70. The van der Waals surface area contributed by atoms with E-state index >= 15 is 0 Å². The molecule has 33 heavy (non-hydrogen) atoms. The maximum absolute atomic E-state index is 13.3. The molecule has 0 saturated heterocycles. The Morgan fingerprint density at radius 2 is 1.21 bits per heavy atom. The van der Waals surface area contributed by atoms with E-state index in [0.717, 1.165) is 0 Å². The summed E-state index contributed by atoms with van der Waals surface area (Å²) in [4.78, 5) is 13.3. The van der Waals surface area contributed by atoms with Gasteiger partial charge >= 0.3 is 5.97 Å². The van der Waals surface area contributed by atoms with Crippen LogP contribution in [0.2, 0.25) is 20.1 Å². The van der Waals surface area contributed by atoms with Gasteiger partial charge in [-0.2, -0.15) is 0 Å². The highest BCUT2D eigenvalue weighted by molar-refractivity contribution is 14.1. The highest BCUT2D eigenvalue weighted by Gasteiger charge is 2.58. The first-order valence-electron chi connectivity index (χ1n) is 8.63. The Balaban J connectivity index is 2.05. The number of carbonyl (C=O) groups is 1. The molecule has 0 aliphatic carbocycles. The predicted molar refractivity (Wildman–Crippen MR) is 159 cm³/mol. The van der Waals surface area contributed by atoms with Gasteiger partial charge in [0.25, 0.3) is 0 Å². The summed E-state index contributed by atoms with van der Waals surface area (Å²) in [7, 11) is 0. The number of ether oxygens (including phenoxy) is 2. The first-order valence-corrected chi connectivity index (χ1v) is 14.5. The van der Waals surface area contributed by atoms with Gasteiger partial charge in [0.05, 0.1) is 51.1 Å². The minimum Gasteiger partial charge on any atom is -0.506 e. The van der Waals surface area contributed by atoms with Crippen molar-refractivity contribution in [2.75, 3.05) is 0 Å². The maximum Gasteiger partial charge on any atom is 0.341 e. The minimum absolute atomic E-state index is 0.00102. The van der Waals surface area contributed by atoms with Crippen LogP contribution in [0.4, 0.5) is 0 Å². The number of phenolic OH excluding ortho intramolecular Hbond substituents is 2. The molecular formula is C20H4Cl4I4O5. The molecule has 2 N–H and O–H groups in total. The number of esters is 1. The Labute approximate surface area is 261 Å². The standard InChI is InChI=1S/C20H4Cl4I4O5/c21-9-7-8(10(22)12(24)11(9)23)20(33-19(7)31)3-1-5(25)15(29)13(27)17(3)32-18-4(20)2-6(26)16(30)14(18)28/h1-2,29-30H/i25-2,26-2,27-2,28-2. The average molecular weight is 966 g/mol. The molecule has 0 amide bonds. The topological polar surface area (TPSA) is 76.0 Å². The van der Waals surface area contributed by atoms with Crippen molar-refractivity contribution in [3.05, 3.63) is 68.8 Å². The zero-order valence-electron chi connectivity index (χ0n) is 15.3. The Morgan fingerprint density at radius 1 is 0.758 bits per heavy atom. The third-order valence-corrected chi connectivity index (χ3v) is 10.8. The van der Waals surface area contributed by atoms with Crippen molar-refractivity contribution in [3.63, 3.8) is 0 Å². The van der Waals surface area contributed by atoms with Gasteiger partial charge in [0, 0.05) is 5.56 Å². The van der Waals surface area contributed by atoms with Crippen LogP contribution in [0.25, 0.3) is 0 Å². The lowest BCUT2D eigenvalue weighted by Gasteiger charge is -2.38. The summed E-state index contributed by atoms with van der Waals surface area (Å²) in [5.74, 6) is -0.246. The fraction of sp³-hybridized carbons (Fsp3) is 0.0500. The van der Waals surface area contributed by atoms with Crippen molar-refractivity contribution in [2.24, 2.45) is 0 Å². The Bertz CT molecular complexity index is 1400. The first kappa shape index (κ1) is 25.3. The van der Waals surface area contributed by atoms with E-state index in [2.05, 4.69) is 0 Å². The number of phenols is 2. The van der Waals surface area contributed by atoms with Crippen molar-refractivity contribution < 1.29 is 24.5 Å². The molecule has 5 nitrogen and oxygen atoms in total. The van der Waals surface area contributed by atoms with Gasteiger partial charge in [0.2, 0.25) is 0 Å². The highest BCUT2D eigenvalue weighted by Crippen LogP contribution is 2.63. The van der Waals surface area contributed by atoms with Crippen molar-refractivity contribution in [1.29, 1.82) is 0 Å². The van der Waals surface area contributed by atoms with Crippen molar-refractivity contribution >= 4 is 143 Å². The molecule has 3 aromatic rings. The molecule has 2 aliphatic heterocycles. The van der Waals surface area contributed by atoms with E-state index in [4.69, 9.17) is 55.9 Å². The zero-order valence-corrected chi connectivity index (χ0v) is 27.0. The third-order valence-electron chi connectivity index (χ3n) is 5.33. The van der Waals surface area contributed by atoms with Crippen molar-refractivity contribution in [3.8, 4) is 23.0 Å². The number of carbonyl (C=O) groups excluding carboxylic acids is 1. The molecule has 13 heteroatoms. The van der Waals surface area contributed by atoms with Crippen LogP contribution in [0.15, 0.2) is 12.1 Å². The fourth-order valence-electron chi connectivity index (χ4n) is 3.93. The van der Waals surface area contributed by atoms with Crippen LogP contribution in [0.5, 0.6) is 23.0 Å². The summed E-state index contributed by atoms with van der Waals surface area (Å²) in [6, 6.07) is 3.30. The van der Waals surface area contributed by atoms with E-state index in [0.29, 0.717) is 25.4 Å². The van der Waals surface area contributed by atoms with E-state index < -0.39 is 11.6 Å². The van der Waals surface area contributed by atoms with Crippen LogP contribution in [0.1, 0.15) is 27.0 Å². The van der Waals surface area contributed by atoms with E-state index in [1.807, 2.05) is 90.4 Å². The number of halogens is 8. The van der Waals surface area contributed by atoms with Crippen LogP contribution in [-0.4, -0.2) is 16.2 Å². The summed E-state index contributed by atoms with van der Waals surface area (Å²) < 4.78 is 14.1. The molecule has 5 rings (SSSR count). The summed E-state index contributed by atoms with van der Waals surface area (Å²) in [6.07, 6.45) is 0.